The van der Waals surface area contributed by atoms with E-state index in [2.05, 4.69) is 5.32 Å². The molecule has 0 heterocycles. The standard InChI is InChI=1S/C14H17NO3/c1-9(10-5-3-2-4-6-10)13(16)15-12(14(17)18)11-7-8-11/h2-6,9,11-12H,7-8H2,1H3,(H,15,16)(H,17,18)/t9-,12?/m1/s1. The van der Waals surface area contributed by atoms with E-state index in [1.54, 1.807) is 6.92 Å². The quantitative estimate of drug-likeness (QED) is 0.833. The number of amides is 1. The summed E-state index contributed by atoms with van der Waals surface area (Å²) >= 11 is 0. The van der Waals surface area contributed by atoms with E-state index in [9.17, 15) is 9.59 Å². The van der Waals surface area contributed by atoms with Crippen molar-refractivity contribution in [1.82, 2.24) is 5.32 Å². The molecule has 1 aromatic carbocycles. The van der Waals surface area contributed by atoms with Gasteiger partial charge in [-0.15, -0.1) is 0 Å². The highest BCUT2D eigenvalue weighted by atomic mass is 16.4. The fourth-order valence-electron chi connectivity index (χ4n) is 1.98. The number of benzene rings is 1. The number of carbonyl (C=O) groups is 2. The monoisotopic (exact) mass is 247 g/mol. The lowest BCUT2D eigenvalue weighted by atomic mass is 10.00. The van der Waals surface area contributed by atoms with Crippen molar-refractivity contribution in [2.45, 2.75) is 31.7 Å². The second-order valence-corrected chi connectivity index (χ2v) is 4.79. The third-order valence-corrected chi connectivity index (χ3v) is 3.35. The minimum absolute atomic E-state index is 0.106. The van der Waals surface area contributed by atoms with E-state index in [-0.39, 0.29) is 17.7 Å². The Morgan fingerprint density at radius 2 is 1.89 bits per heavy atom. The van der Waals surface area contributed by atoms with Crippen molar-refractivity contribution < 1.29 is 14.7 Å². The molecule has 2 N–H and O–H groups in total. The molecule has 0 bridgehead atoms. The van der Waals surface area contributed by atoms with Crippen molar-refractivity contribution in [2.24, 2.45) is 5.92 Å². The number of hydrogen-bond donors (Lipinski definition) is 2. The molecule has 0 spiro atoms. The van der Waals surface area contributed by atoms with Crippen LogP contribution < -0.4 is 5.32 Å². The molecule has 1 saturated carbocycles. The molecule has 18 heavy (non-hydrogen) atoms. The van der Waals surface area contributed by atoms with Crippen molar-refractivity contribution in [3.8, 4) is 0 Å². The molecule has 4 nitrogen and oxygen atoms in total. The molecule has 96 valence electrons. The normalized spacial score (nSPS) is 17.8. The van der Waals surface area contributed by atoms with E-state index < -0.39 is 12.0 Å². The van der Waals surface area contributed by atoms with E-state index in [1.807, 2.05) is 30.3 Å². The zero-order chi connectivity index (χ0) is 13.1. The molecule has 1 aromatic rings. The highest BCUT2D eigenvalue weighted by Crippen LogP contribution is 2.33. The summed E-state index contributed by atoms with van der Waals surface area (Å²) in [5, 5.41) is 11.7. The van der Waals surface area contributed by atoms with Crippen molar-refractivity contribution in [3.63, 3.8) is 0 Å². The Morgan fingerprint density at radius 3 is 2.39 bits per heavy atom. The summed E-state index contributed by atoms with van der Waals surface area (Å²) in [7, 11) is 0. The number of carbonyl (C=O) groups excluding carboxylic acids is 1. The Morgan fingerprint density at radius 1 is 1.28 bits per heavy atom. The van der Waals surface area contributed by atoms with E-state index in [0.717, 1.165) is 18.4 Å². The highest BCUT2D eigenvalue weighted by molar-refractivity contribution is 5.88. The van der Waals surface area contributed by atoms with E-state index >= 15 is 0 Å². The molecule has 1 fully saturated rings. The number of hydrogen-bond acceptors (Lipinski definition) is 2. The van der Waals surface area contributed by atoms with Crippen LogP contribution in [0.4, 0.5) is 0 Å². The van der Waals surface area contributed by atoms with Crippen LogP contribution in [0, 0.1) is 5.92 Å². The van der Waals surface area contributed by atoms with Crippen LogP contribution >= 0.6 is 0 Å². The first-order valence-electron chi connectivity index (χ1n) is 6.17. The minimum atomic E-state index is -0.939. The van der Waals surface area contributed by atoms with Gasteiger partial charge < -0.3 is 10.4 Å². The molecule has 4 heteroatoms. The van der Waals surface area contributed by atoms with Crippen molar-refractivity contribution >= 4 is 11.9 Å². The summed E-state index contributed by atoms with van der Waals surface area (Å²) in [5.74, 6) is -1.38. The van der Waals surface area contributed by atoms with Gasteiger partial charge in [0.05, 0.1) is 5.92 Å². The molecule has 2 rings (SSSR count). The Balaban J connectivity index is 2.00. The SMILES string of the molecule is C[C@@H](C(=O)NC(C(=O)O)C1CC1)c1ccccc1. The summed E-state index contributed by atoms with van der Waals surface area (Å²) in [6.45, 7) is 1.79. The zero-order valence-electron chi connectivity index (χ0n) is 10.3. The van der Waals surface area contributed by atoms with Crippen LogP contribution in [0.25, 0.3) is 0 Å². The van der Waals surface area contributed by atoms with Crippen molar-refractivity contribution in [2.75, 3.05) is 0 Å². The second-order valence-electron chi connectivity index (χ2n) is 4.79. The van der Waals surface area contributed by atoms with Crippen LogP contribution in [0.2, 0.25) is 0 Å². The van der Waals surface area contributed by atoms with Crippen LogP contribution in [-0.4, -0.2) is 23.0 Å². The van der Waals surface area contributed by atoms with Gasteiger partial charge in [0.15, 0.2) is 0 Å². The predicted molar refractivity (Wildman–Crippen MR) is 67.1 cm³/mol. The Labute approximate surface area is 106 Å². The molecule has 0 saturated heterocycles. The summed E-state index contributed by atoms with van der Waals surface area (Å²) in [6, 6.07) is 8.64. The number of nitrogens with one attached hydrogen (secondary N) is 1. The van der Waals surface area contributed by atoms with Gasteiger partial charge in [-0.3, -0.25) is 4.79 Å². The van der Waals surface area contributed by atoms with Gasteiger partial charge in [-0.2, -0.15) is 0 Å². The molecule has 0 radical (unpaired) electrons. The van der Waals surface area contributed by atoms with Crippen LogP contribution in [-0.2, 0) is 9.59 Å². The topological polar surface area (TPSA) is 66.4 Å². The van der Waals surface area contributed by atoms with Crippen molar-refractivity contribution in [1.29, 1.82) is 0 Å². The van der Waals surface area contributed by atoms with E-state index in [4.69, 9.17) is 5.11 Å². The minimum Gasteiger partial charge on any atom is -0.480 e. The van der Waals surface area contributed by atoms with Gasteiger partial charge in [-0.1, -0.05) is 30.3 Å². The van der Waals surface area contributed by atoms with Crippen LogP contribution in [0.5, 0.6) is 0 Å². The maximum absolute atomic E-state index is 12.0. The average Bonchev–Trinajstić information content (AvgIpc) is 3.19. The molecule has 1 unspecified atom stereocenters. The van der Waals surface area contributed by atoms with Gasteiger partial charge in [0.25, 0.3) is 0 Å². The first-order valence-corrected chi connectivity index (χ1v) is 6.17. The van der Waals surface area contributed by atoms with Crippen LogP contribution in [0.1, 0.15) is 31.2 Å². The number of rotatable bonds is 5. The Bertz CT molecular complexity index is 440. The Hall–Kier alpha value is -1.84. The molecule has 1 aliphatic carbocycles. The Kier molecular flexibility index (Phi) is 3.65. The molecular weight excluding hydrogens is 230 g/mol. The smallest absolute Gasteiger partial charge is 0.326 e. The lowest BCUT2D eigenvalue weighted by Gasteiger charge is -2.17. The van der Waals surface area contributed by atoms with E-state index in [1.165, 1.54) is 0 Å². The number of aliphatic carboxylic acids is 1. The van der Waals surface area contributed by atoms with Crippen LogP contribution in [0.15, 0.2) is 30.3 Å². The maximum atomic E-state index is 12.0. The molecule has 0 aromatic heterocycles. The first-order chi connectivity index (χ1) is 8.59. The van der Waals surface area contributed by atoms with Gasteiger partial charge in [0, 0.05) is 0 Å². The third kappa shape index (κ3) is 2.88. The highest BCUT2D eigenvalue weighted by Gasteiger charge is 2.37. The van der Waals surface area contributed by atoms with Gasteiger partial charge in [-0.25, -0.2) is 4.79 Å². The average molecular weight is 247 g/mol. The molecule has 1 amide bonds. The maximum Gasteiger partial charge on any atom is 0.326 e. The lowest BCUT2D eigenvalue weighted by molar-refractivity contribution is -0.142. The number of carboxylic acid groups (broad SMARTS) is 1. The largest absolute Gasteiger partial charge is 0.480 e. The van der Waals surface area contributed by atoms with Gasteiger partial charge in [0.2, 0.25) is 5.91 Å². The predicted octanol–water partition coefficient (Wildman–Crippen LogP) is 1.77. The molecular formula is C14H17NO3. The zero-order valence-corrected chi connectivity index (χ0v) is 10.3. The van der Waals surface area contributed by atoms with E-state index in [0.29, 0.717) is 0 Å². The number of carboxylic acids is 1. The van der Waals surface area contributed by atoms with Crippen molar-refractivity contribution in [3.05, 3.63) is 35.9 Å². The first kappa shape index (κ1) is 12.6. The fourth-order valence-corrected chi connectivity index (χ4v) is 1.98. The summed E-state index contributed by atoms with van der Waals surface area (Å²) in [4.78, 5) is 23.1. The summed E-state index contributed by atoms with van der Waals surface area (Å²) in [6.07, 6.45) is 1.77. The lowest BCUT2D eigenvalue weighted by Crippen LogP contribution is -2.44. The van der Waals surface area contributed by atoms with Gasteiger partial charge in [0.1, 0.15) is 6.04 Å². The van der Waals surface area contributed by atoms with Gasteiger partial charge in [-0.05, 0) is 31.2 Å². The van der Waals surface area contributed by atoms with Crippen LogP contribution in [0.3, 0.4) is 0 Å². The summed E-state index contributed by atoms with van der Waals surface area (Å²) in [5.41, 5.74) is 0.898. The summed E-state index contributed by atoms with van der Waals surface area (Å²) < 4.78 is 0. The molecule has 1 aliphatic rings. The molecule has 2 atom stereocenters. The fraction of sp³-hybridized carbons (Fsp3) is 0.429. The second kappa shape index (κ2) is 5.21. The molecule has 0 aliphatic heterocycles. The van der Waals surface area contributed by atoms with Gasteiger partial charge >= 0.3 is 5.97 Å². The third-order valence-electron chi connectivity index (χ3n) is 3.35.